The maximum atomic E-state index is 3.56. The Labute approximate surface area is 95.4 Å². The molecule has 1 rings (SSSR count). The Morgan fingerprint density at radius 2 is 1.80 bits per heavy atom. The van der Waals surface area contributed by atoms with Crippen molar-refractivity contribution in [2.45, 2.75) is 58.5 Å². The molecule has 0 radical (unpaired) electrons. The van der Waals surface area contributed by atoms with E-state index in [1.807, 2.05) is 0 Å². The zero-order chi connectivity index (χ0) is 11.5. The molecule has 1 aliphatic carbocycles. The molecule has 15 heavy (non-hydrogen) atoms. The van der Waals surface area contributed by atoms with Crippen LogP contribution in [0.5, 0.6) is 0 Å². The van der Waals surface area contributed by atoms with Crippen molar-refractivity contribution >= 4 is 0 Å². The summed E-state index contributed by atoms with van der Waals surface area (Å²) in [5, 5.41) is 3.56. The Morgan fingerprint density at radius 3 is 2.07 bits per heavy atom. The molecule has 1 N–H and O–H groups in total. The second-order valence-electron chi connectivity index (χ2n) is 4.99. The van der Waals surface area contributed by atoms with E-state index < -0.39 is 0 Å². The summed E-state index contributed by atoms with van der Waals surface area (Å²) in [6.45, 7) is 11.6. The minimum atomic E-state index is 0.333. The van der Waals surface area contributed by atoms with Crippen molar-refractivity contribution in [2.24, 2.45) is 5.92 Å². The van der Waals surface area contributed by atoms with Crippen molar-refractivity contribution < 1.29 is 0 Å². The molecule has 2 unspecified atom stereocenters. The fourth-order valence-electron chi connectivity index (χ4n) is 3.07. The first-order valence-electron chi connectivity index (χ1n) is 6.56. The van der Waals surface area contributed by atoms with Gasteiger partial charge in [0.2, 0.25) is 0 Å². The second kappa shape index (κ2) is 5.31. The average Bonchev–Trinajstić information content (AvgIpc) is 3.05. The van der Waals surface area contributed by atoms with Crippen molar-refractivity contribution in [1.29, 1.82) is 0 Å². The van der Waals surface area contributed by atoms with Gasteiger partial charge in [-0.25, -0.2) is 0 Å². The largest absolute Gasteiger partial charge is 0.315 e. The van der Waals surface area contributed by atoms with E-state index in [-0.39, 0.29) is 0 Å². The van der Waals surface area contributed by atoms with E-state index in [0.29, 0.717) is 11.6 Å². The fourth-order valence-corrected chi connectivity index (χ4v) is 3.07. The third kappa shape index (κ3) is 2.54. The van der Waals surface area contributed by atoms with E-state index in [0.717, 1.165) is 19.0 Å². The van der Waals surface area contributed by atoms with Crippen LogP contribution in [-0.2, 0) is 0 Å². The lowest BCUT2D eigenvalue weighted by Crippen LogP contribution is -2.59. The van der Waals surface area contributed by atoms with E-state index in [9.17, 15) is 0 Å². The van der Waals surface area contributed by atoms with Gasteiger partial charge in [-0.05, 0) is 52.2 Å². The number of likely N-dealkylation sites (N-methyl/N-ethyl adjacent to an activating group) is 2. The minimum absolute atomic E-state index is 0.333. The summed E-state index contributed by atoms with van der Waals surface area (Å²) >= 11 is 0. The van der Waals surface area contributed by atoms with Crippen LogP contribution in [-0.4, -0.2) is 36.6 Å². The molecule has 1 aliphatic rings. The molecule has 0 amide bonds. The van der Waals surface area contributed by atoms with Gasteiger partial charge in [-0.2, -0.15) is 0 Å². The Balaban J connectivity index is 2.79. The van der Waals surface area contributed by atoms with E-state index in [2.05, 4.69) is 45.0 Å². The molecule has 0 saturated heterocycles. The monoisotopic (exact) mass is 212 g/mol. The molecule has 0 bridgehead atoms. The van der Waals surface area contributed by atoms with Crippen LogP contribution >= 0.6 is 0 Å². The minimum Gasteiger partial charge on any atom is -0.315 e. The number of hydrogen-bond acceptors (Lipinski definition) is 2. The van der Waals surface area contributed by atoms with Crippen LogP contribution in [0, 0.1) is 5.92 Å². The normalized spacial score (nSPS) is 22.8. The van der Waals surface area contributed by atoms with Crippen molar-refractivity contribution in [3.63, 3.8) is 0 Å². The third-order valence-electron chi connectivity index (χ3n) is 4.28. The quantitative estimate of drug-likeness (QED) is 0.697. The van der Waals surface area contributed by atoms with E-state index in [1.54, 1.807) is 0 Å². The number of nitrogens with zero attached hydrogens (tertiary/aromatic N) is 1. The topological polar surface area (TPSA) is 15.3 Å². The van der Waals surface area contributed by atoms with E-state index >= 15 is 0 Å². The van der Waals surface area contributed by atoms with Gasteiger partial charge in [0.05, 0.1) is 0 Å². The van der Waals surface area contributed by atoms with Crippen molar-refractivity contribution in [3.8, 4) is 0 Å². The van der Waals surface area contributed by atoms with Gasteiger partial charge in [0.1, 0.15) is 0 Å². The standard InChI is InChI=1S/C13H28N2/c1-6-13(4,15(7-2)8-3)12(14-5)11-9-10-11/h11-12,14H,6-10H2,1-5H3. The smallest absolute Gasteiger partial charge is 0.0334 e. The van der Waals surface area contributed by atoms with Gasteiger partial charge in [-0.3, -0.25) is 4.90 Å². The van der Waals surface area contributed by atoms with Crippen LogP contribution in [0.1, 0.15) is 47.0 Å². The SMILES string of the molecule is CCN(CC)C(C)(CC)C(NC)C1CC1. The van der Waals surface area contributed by atoms with Crippen LogP contribution in [0.25, 0.3) is 0 Å². The molecule has 0 aliphatic heterocycles. The lowest BCUT2D eigenvalue weighted by atomic mass is 9.84. The van der Waals surface area contributed by atoms with Gasteiger partial charge >= 0.3 is 0 Å². The molecule has 0 aromatic rings. The highest BCUT2D eigenvalue weighted by molar-refractivity contribution is 5.02. The zero-order valence-corrected chi connectivity index (χ0v) is 11.1. The zero-order valence-electron chi connectivity index (χ0n) is 11.1. The van der Waals surface area contributed by atoms with Crippen molar-refractivity contribution in [1.82, 2.24) is 10.2 Å². The number of hydrogen-bond donors (Lipinski definition) is 1. The number of rotatable bonds is 7. The summed E-state index contributed by atoms with van der Waals surface area (Å²) in [6.07, 6.45) is 4.07. The lowest BCUT2D eigenvalue weighted by Gasteiger charge is -2.46. The molecule has 0 aromatic heterocycles. The van der Waals surface area contributed by atoms with Gasteiger partial charge in [-0.1, -0.05) is 20.8 Å². The van der Waals surface area contributed by atoms with E-state index in [1.165, 1.54) is 19.3 Å². The molecule has 2 heteroatoms. The first-order valence-corrected chi connectivity index (χ1v) is 6.56. The van der Waals surface area contributed by atoms with Crippen LogP contribution < -0.4 is 5.32 Å². The average molecular weight is 212 g/mol. The fraction of sp³-hybridized carbons (Fsp3) is 1.00. The Morgan fingerprint density at radius 1 is 1.27 bits per heavy atom. The summed E-state index contributed by atoms with van der Waals surface area (Å²) in [7, 11) is 2.13. The van der Waals surface area contributed by atoms with E-state index in [4.69, 9.17) is 0 Å². The Hall–Kier alpha value is -0.0800. The maximum Gasteiger partial charge on any atom is 0.0334 e. The van der Waals surface area contributed by atoms with Gasteiger partial charge in [-0.15, -0.1) is 0 Å². The first-order chi connectivity index (χ1) is 7.13. The summed E-state index contributed by atoms with van der Waals surface area (Å²) in [5.41, 5.74) is 0.333. The van der Waals surface area contributed by atoms with Gasteiger partial charge < -0.3 is 5.32 Å². The molecule has 0 spiro atoms. The highest BCUT2D eigenvalue weighted by Gasteiger charge is 2.44. The van der Waals surface area contributed by atoms with Crippen molar-refractivity contribution in [3.05, 3.63) is 0 Å². The highest BCUT2D eigenvalue weighted by Crippen LogP contribution is 2.40. The second-order valence-corrected chi connectivity index (χ2v) is 4.99. The molecular weight excluding hydrogens is 184 g/mol. The van der Waals surface area contributed by atoms with Crippen LogP contribution in [0.2, 0.25) is 0 Å². The predicted molar refractivity (Wildman–Crippen MR) is 67.2 cm³/mol. The Kier molecular flexibility index (Phi) is 4.60. The first kappa shape index (κ1) is 13.0. The molecule has 0 heterocycles. The van der Waals surface area contributed by atoms with Gasteiger partial charge in [0, 0.05) is 11.6 Å². The molecule has 90 valence electrons. The van der Waals surface area contributed by atoms with Gasteiger partial charge in [0.15, 0.2) is 0 Å². The van der Waals surface area contributed by atoms with Crippen LogP contribution in [0.4, 0.5) is 0 Å². The summed E-state index contributed by atoms with van der Waals surface area (Å²) in [4.78, 5) is 2.62. The van der Waals surface area contributed by atoms with Crippen LogP contribution in [0.3, 0.4) is 0 Å². The molecule has 1 fully saturated rings. The molecule has 0 aromatic carbocycles. The highest BCUT2D eigenvalue weighted by atomic mass is 15.2. The maximum absolute atomic E-state index is 3.56. The van der Waals surface area contributed by atoms with Crippen LogP contribution in [0.15, 0.2) is 0 Å². The summed E-state index contributed by atoms with van der Waals surface area (Å²) in [6, 6.07) is 0.669. The molecule has 2 nitrogen and oxygen atoms in total. The molecule has 2 atom stereocenters. The number of nitrogens with one attached hydrogen (secondary N) is 1. The summed E-state index contributed by atoms with van der Waals surface area (Å²) < 4.78 is 0. The van der Waals surface area contributed by atoms with Crippen molar-refractivity contribution in [2.75, 3.05) is 20.1 Å². The van der Waals surface area contributed by atoms with Gasteiger partial charge in [0.25, 0.3) is 0 Å². The molecule has 1 saturated carbocycles. The Bertz CT molecular complexity index is 185. The lowest BCUT2D eigenvalue weighted by molar-refractivity contribution is 0.0647. The third-order valence-corrected chi connectivity index (χ3v) is 4.28. The summed E-state index contributed by atoms with van der Waals surface area (Å²) in [5.74, 6) is 0.917. The predicted octanol–water partition coefficient (Wildman–Crippen LogP) is 2.49. The molecular formula is C13H28N2.